The van der Waals surface area contributed by atoms with E-state index in [4.69, 9.17) is 33.7 Å². The lowest BCUT2D eigenvalue weighted by Gasteiger charge is -2.21. The SMILES string of the molecule is C[C@H](O)C(OC(N)=O)c1c(Cl)cccc1Cl. The molecule has 88 valence electrons. The highest BCUT2D eigenvalue weighted by atomic mass is 35.5. The van der Waals surface area contributed by atoms with Crippen LogP contribution in [0, 0.1) is 0 Å². The zero-order valence-corrected chi connectivity index (χ0v) is 10.00. The maximum atomic E-state index is 10.7. The predicted octanol–water partition coefficient (Wildman–Crippen LogP) is 2.51. The van der Waals surface area contributed by atoms with Crippen molar-refractivity contribution in [3.8, 4) is 0 Å². The number of rotatable bonds is 3. The summed E-state index contributed by atoms with van der Waals surface area (Å²) in [6.45, 7) is 1.45. The Balaban J connectivity index is 3.15. The Labute approximate surface area is 103 Å². The summed E-state index contributed by atoms with van der Waals surface area (Å²) in [6, 6.07) is 4.82. The van der Waals surface area contributed by atoms with Gasteiger partial charge in [0.25, 0.3) is 0 Å². The summed E-state index contributed by atoms with van der Waals surface area (Å²) in [4.78, 5) is 10.7. The van der Waals surface area contributed by atoms with Crippen molar-refractivity contribution in [2.24, 2.45) is 5.73 Å². The van der Waals surface area contributed by atoms with Crippen molar-refractivity contribution < 1.29 is 14.6 Å². The first kappa shape index (κ1) is 13.1. The van der Waals surface area contributed by atoms with Gasteiger partial charge in [0.2, 0.25) is 0 Å². The van der Waals surface area contributed by atoms with Gasteiger partial charge >= 0.3 is 6.09 Å². The first-order chi connectivity index (χ1) is 7.43. The largest absolute Gasteiger partial charge is 0.439 e. The summed E-state index contributed by atoms with van der Waals surface area (Å²) >= 11 is 11.8. The van der Waals surface area contributed by atoms with Gasteiger partial charge in [0.1, 0.15) is 0 Å². The van der Waals surface area contributed by atoms with Gasteiger partial charge < -0.3 is 15.6 Å². The minimum absolute atomic E-state index is 0.305. The van der Waals surface area contributed by atoms with Crippen molar-refractivity contribution in [2.45, 2.75) is 19.1 Å². The van der Waals surface area contributed by atoms with Gasteiger partial charge in [0.05, 0.1) is 6.10 Å². The molecule has 0 radical (unpaired) electrons. The van der Waals surface area contributed by atoms with E-state index in [1.165, 1.54) is 6.92 Å². The number of aliphatic hydroxyl groups excluding tert-OH is 1. The fraction of sp³-hybridized carbons (Fsp3) is 0.300. The van der Waals surface area contributed by atoms with Gasteiger partial charge in [-0.2, -0.15) is 0 Å². The van der Waals surface area contributed by atoms with Crippen LogP contribution in [-0.2, 0) is 4.74 Å². The highest BCUT2D eigenvalue weighted by Gasteiger charge is 2.25. The van der Waals surface area contributed by atoms with Crippen molar-refractivity contribution in [1.29, 1.82) is 0 Å². The first-order valence-electron chi connectivity index (χ1n) is 4.51. The van der Waals surface area contributed by atoms with Gasteiger partial charge in [-0.3, -0.25) is 0 Å². The summed E-state index contributed by atoms with van der Waals surface area (Å²) in [5.74, 6) is 0. The summed E-state index contributed by atoms with van der Waals surface area (Å²) < 4.78 is 4.78. The van der Waals surface area contributed by atoms with Crippen LogP contribution in [0.1, 0.15) is 18.6 Å². The summed E-state index contributed by atoms with van der Waals surface area (Å²) in [7, 11) is 0. The number of halogens is 2. The maximum absolute atomic E-state index is 10.7. The van der Waals surface area contributed by atoms with Crippen molar-refractivity contribution in [1.82, 2.24) is 0 Å². The molecule has 16 heavy (non-hydrogen) atoms. The van der Waals surface area contributed by atoms with Crippen molar-refractivity contribution in [2.75, 3.05) is 0 Å². The molecule has 1 aromatic rings. The van der Waals surface area contributed by atoms with Crippen LogP contribution in [0.2, 0.25) is 10.0 Å². The molecule has 0 aliphatic carbocycles. The molecule has 0 spiro atoms. The average Bonchev–Trinajstić information content (AvgIpc) is 2.15. The van der Waals surface area contributed by atoms with Crippen LogP contribution in [0.3, 0.4) is 0 Å². The molecule has 0 aliphatic rings. The molecular weight excluding hydrogens is 253 g/mol. The smallest absolute Gasteiger partial charge is 0.405 e. The molecule has 4 nitrogen and oxygen atoms in total. The van der Waals surface area contributed by atoms with E-state index < -0.39 is 18.3 Å². The minimum atomic E-state index is -0.998. The molecule has 0 bridgehead atoms. The molecule has 0 aliphatic heterocycles. The van der Waals surface area contributed by atoms with E-state index in [2.05, 4.69) is 0 Å². The van der Waals surface area contributed by atoms with Gasteiger partial charge in [0, 0.05) is 15.6 Å². The molecule has 1 aromatic carbocycles. The average molecular weight is 264 g/mol. The highest BCUT2D eigenvalue weighted by molar-refractivity contribution is 6.36. The Morgan fingerprint density at radius 3 is 2.31 bits per heavy atom. The minimum Gasteiger partial charge on any atom is -0.439 e. The number of carbonyl (C=O) groups is 1. The molecule has 1 unspecified atom stereocenters. The number of amides is 1. The lowest BCUT2D eigenvalue weighted by Crippen LogP contribution is -2.25. The van der Waals surface area contributed by atoms with Gasteiger partial charge in [-0.05, 0) is 19.1 Å². The van der Waals surface area contributed by atoms with Crippen LogP contribution in [0.15, 0.2) is 18.2 Å². The molecule has 1 rings (SSSR count). The van der Waals surface area contributed by atoms with E-state index in [1.54, 1.807) is 18.2 Å². The molecule has 6 heteroatoms. The van der Waals surface area contributed by atoms with Gasteiger partial charge in [-0.25, -0.2) is 4.79 Å². The quantitative estimate of drug-likeness (QED) is 0.880. The highest BCUT2D eigenvalue weighted by Crippen LogP contribution is 2.34. The molecular formula is C10H11Cl2NO3. The van der Waals surface area contributed by atoms with E-state index in [0.717, 1.165) is 0 Å². The third-order valence-corrected chi connectivity index (χ3v) is 2.62. The number of aliphatic hydroxyl groups is 1. The fourth-order valence-electron chi connectivity index (χ4n) is 1.31. The van der Waals surface area contributed by atoms with Crippen LogP contribution in [0.4, 0.5) is 4.79 Å². The fourth-order valence-corrected chi connectivity index (χ4v) is 1.92. The van der Waals surface area contributed by atoms with Crippen molar-refractivity contribution in [3.63, 3.8) is 0 Å². The molecule has 0 fully saturated rings. The normalized spacial score (nSPS) is 14.2. The number of ether oxygens (including phenoxy) is 1. The van der Waals surface area contributed by atoms with E-state index >= 15 is 0 Å². The van der Waals surface area contributed by atoms with Crippen LogP contribution in [0.5, 0.6) is 0 Å². The second-order valence-electron chi connectivity index (χ2n) is 3.23. The second kappa shape index (κ2) is 5.39. The Kier molecular flexibility index (Phi) is 4.41. The van der Waals surface area contributed by atoms with Crippen LogP contribution >= 0.6 is 23.2 Å². The molecule has 2 atom stereocenters. The lowest BCUT2D eigenvalue weighted by molar-refractivity contribution is 0.0149. The van der Waals surface area contributed by atoms with Crippen LogP contribution < -0.4 is 5.73 Å². The van der Waals surface area contributed by atoms with Crippen molar-refractivity contribution in [3.05, 3.63) is 33.8 Å². The lowest BCUT2D eigenvalue weighted by atomic mass is 10.1. The number of nitrogens with two attached hydrogens (primary N) is 1. The van der Waals surface area contributed by atoms with Crippen LogP contribution in [0.25, 0.3) is 0 Å². The molecule has 3 N–H and O–H groups in total. The summed E-state index contributed by atoms with van der Waals surface area (Å²) in [5, 5.41) is 10.1. The maximum Gasteiger partial charge on any atom is 0.405 e. The van der Waals surface area contributed by atoms with E-state index in [9.17, 15) is 9.90 Å². The Hall–Kier alpha value is -0.970. The van der Waals surface area contributed by atoms with Crippen molar-refractivity contribution >= 4 is 29.3 Å². The number of primary amides is 1. The molecule has 0 heterocycles. The topological polar surface area (TPSA) is 72.6 Å². The molecule has 0 saturated carbocycles. The zero-order valence-electron chi connectivity index (χ0n) is 8.48. The number of benzene rings is 1. The standard InChI is InChI=1S/C10H11Cl2NO3/c1-5(14)9(16-10(13)15)8-6(11)3-2-4-7(8)12/h2-5,9,14H,1H3,(H2,13,15)/t5-,9?/m0/s1. The van der Waals surface area contributed by atoms with Gasteiger partial charge in [-0.15, -0.1) is 0 Å². The van der Waals surface area contributed by atoms with E-state index in [1.807, 2.05) is 0 Å². The number of hydrogen-bond acceptors (Lipinski definition) is 3. The van der Waals surface area contributed by atoms with Gasteiger partial charge in [0.15, 0.2) is 6.10 Å². The zero-order chi connectivity index (χ0) is 12.3. The number of hydrogen-bond donors (Lipinski definition) is 2. The Morgan fingerprint density at radius 1 is 1.44 bits per heavy atom. The van der Waals surface area contributed by atoms with Crippen LogP contribution in [-0.4, -0.2) is 17.3 Å². The van der Waals surface area contributed by atoms with Gasteiger partial charge in [-0.1, -0.05) is 29.3 Å². The number of carbonyl (C=O) groups excluding carboxylic acids is 1. The monoisotopic (exact) mass is 263 g/mol. The summed E-state index contributed by atoms with van der Waals surface area (Å²) in [5.41, 5.74) is 5.26. The molecule has 0 aromatic heterocycles. The third kappa shape index (κ3) is 3.01. The third-order valence-electron chi connectivity index (χ3n) is 1.97. The predicted molar refractivity (Wildman–Crippen MR) is 61.6 cm³/mol. The Bertz CT molecular complexity index is 375. The Morgan fingerprint density at radius 2 is 1.94 bits per heavy atom. The van der Waals surface area contributed by atoms with E-state index in [0.29, 0.717) is 15.6 Å². The second-order valence-corrected chi connectivity index (χ2v) is 4.05. The van der Waals surface area contributed by atoms with E-state index in [-0.39, 0.29) is 0 Å². The molecule has 1 amide bonds. The summed E-state index contributed by atoms with van der Waals surface area (Å²) in [6.07, 6.45) is -2.94. The first-order valence-corrected chi connectivity index (χ1v) is 5.27. The molecule has 0 saturated heterocycles.